The summed E-state index contributed by atoms with van der Waals surface area (Å²) >= 11 is 0. The van der Waals surface area contributed by atoms with Crippen LogP contribution in [-0.4, -0.2) is 9.97 Å². The van der Waals surface area contributed by atoms with Gasteiger partial charge in [0.2, 0.25) is 0 Å². The van der Waals surface area contributed by atoms with Crippen molar-refractivity contribution in [3.63, 3.8) is 0 Å². The summed E-state index contributed by atoms with van der Waals surface area (Å²) in [7, 11) is 0. The number of aromatic nitrogens is 2. The van der Waals surface area contributed by atoms with E-state index in [1.165, 1.54) is 13.0 Å². The minimum Gasteiger partial charge on any atom is -0.233 e. The van der Waals surface area contributed by atoms with Gasteiger partial charge in [-0.25, -0.2) is 18.7 Å². The average molecular weight is 232 g/mol. The first-order chi connectivity index (χ1) is 8.15. The van der Waals surface area contributed by atoms with Crippen LogP contribution in [0.15, 0.2) is 42.5 Å². The van der Waals surface area contributed by atoms with E-state index in [1.54, 1.807) is 24.3 Å². The molecule has 0 radical (unpaired) electrons. The predicted molar refractivity (Wildman–Crippen MR) is 62.2 cm³/mol. The first-order valence-electron chi connectivity index (χ1n) is 5.07. The Morgan fingerprint density at radius 2 is 1.71 bits per heavy atom. The molecule has 2 nitrogen and oxygen atoms in total. The molecule has 2 aromatic rings. The second-order valence-corrected chi connectivity index (χ2v) is 3.58. The first-order valence-corrected chi connectivity index (χ1v) is 5.07. The van der Waals surface area contributed by atoms with Gasteiger partial charge in [-0.2, -0.15) is 0 Å². The zero-order chi connectivity index (χ0) is 12.3. The van der Waals surface area contributed by atoms with Crippen LogP contribution in [0.1, 0.15) is 12.5 Å². The summed E-state index contributed by atoms with van der Waals surface area (Å²) in [5.74, 6) is -0.281. The molecule has 0 aliphatic carbocycles. The molecule has 0 spiro atoms. The Hall–Kier alpha value is -2.10. The summed E-state index contributed by atoms with van der Waals surface area (Å²) in [5, 5.41) is 0. The van der Waals surface area contributed by atoms with E-state index in [0.29, 0.717) is 5.82 Å². The number of hydrogen-bond acceptors (Lipinski definition) is 2. The van der Waals surface area contributed by atoms with Crippen molar-refractivity contribution in [1.82, 2.24) is 9.97 Å². The summed E-state index contributed by atoms with van der Waals surface area (Å²) in [6.45, 7) is 1.39. The molecule has 0 saturated carbocycles. The van der Waals surface area contributed by atoms with Crippen molar-refractivity contribution >= 4 is 6.08 Å². The molecule has 1 aromatic carbocycles. The molecule has 4 heteroatoms. The number of benzene rings is 1. The summed E-state index contributed by atoms with van der Waals surface area (Å²) in [6, 6.07) is 7.04. The third-order valence-corrected chi connectivity index (χ3v) is 2.15. The fourth-order valence-corrected chi connectivity index (χ4v) is 1.42. The molecule has 17 heavy (non-hydrogen) atoms. The molecule has 0 fully saturated rings. The van der Waals surface area contributed by atoms with Crippen molar-refractivity contribution in [3.05, 3.63) is 53.9 Å². The molecule has 0 unspecified atom stereocenters. The highest BCUT2D eigenvalue weighted by Crippen LogP contribution is 2.16. The first kappa shape index (κ1) is 11.4. The third kappa shape index (κ3) is 2.93. The van der Waals surface area contributed by atoms with Gasteiger partial charge >= 0.3 is 0 Å². The van der Waals surface area contributed by atoms with Gasteiger partial charge in [-0.1, -0.05) is 24.3 Å². The van der Waals surface area contributed by atoms with Crippen molar-refractivity contribution in [2.24, 2.45) is 0 Å². The minimum absolute atomic E-state index is 0.254. The van der Waals surface area contributed by atoms with Crippen molar-refractivity contribution in [2.75, 3.05) is 0 Å². The van der Waals surface area contributed by atoms with E-state index in [1.807, 2.05) is 0 Å². The molecule has 2 rings (SSSR count). The fourth-order valence-electron chi connectivity index (χ4n) is 1.42. The Bertz CT molecular complexity index is 526. The molecule has 0 saturated heterocycles. The van der Waals surface area contributed by atoms with Crippen LogP contribution >= 0.6 is 0 Å². The maximum atomic E-state index is 12.6. The molecule has 0 atom stereocenters. The van der Waals surface area contributed by atoms with Crippen LogP contribution in [0.2, 0.25) is 0 Å². The Labute approximate surface area is 97.7 Å². The van der Waals surface area contributed by atoms with E-state index in [4.69, 9.17) is 0 Å². The van der Waals surface area contributed by atoms with Crippen LogP contribution in [0, 0.1) is 5.82 Å². The molecule has 1 heterocycles. The van der Waals surface area contributed by atoms with Gasteiger partial charge in [0, 0.05) is 5.56 Å². The van der Waals surface area contributed by atoms with E-state index in [0.717, 1.165) is 23.5 Å². The summed E-state index contributed by atoms with van der Waals surface area (Å²) < 4.78 is 25.3. The smallest absolute Gasteiger partial charge is 0.159 e. The average Bonchev–Trinajstić information content (AvgIpc) is 2.30. The van der Waals surface area contributed by atoms with Crippen molar-refractivity contribution in [2.45, 2.75) is 6.92 Å². The molecule has 86 valence electrons. The number of allylic oxidation sites excluding steroid dienone is 1. The van der Waals surface area contributed by atoms with E-state index in [-0.39, 0.29) is 5.83 Å². The second kappa shape index (κ2) is 4.82. The van der Waals surface area contributed by atoms with Gasteiger partial charge in [0.15, 0.2) is 11.6 Å². The lowest BCUT2D eigenvalue weighted by Crippen LogP contribution is -1.89. The molecule has 0 aliphatic heterocycles. The molecule has 0 bridgehead atoms. The van der Waals surface area contributed by atoms with Gasteiger partial charge in [0.25, 0.3) is 0 Å². The number of halogens is 2. The Morgan fingerprint density at radius 1 is 1.12 bits per heavy atom. The summed E-state index contributed by atoms with van der Waals surface area (Å²) in [4.78, 5) is 7.73. The predicted octanol–water partition coefficient (Wildman–Crippen LogP) is 3.61. The van der Waals surface area contributed by atoms with Crippen LogP contribution < -0.4 is 0 Å². The van der Waals surface area contributed by atoms with Gasteiger partial charge in [-0.05, 0) is 18.6 Å². The lowest BCUT2D eigenvalue weighted by atomic mass is 10.1. The van der Waals surface area contributed by atoms with Gasteiger partial charge in [0.1, 0.15) is 0 Å². The lowest BCUT2D eigenvalue weighted by Gasteiger charge is -2.00. The van der Waals surface area contributed by atoms with Crippen LogP contribution in [0.25, 0.3) is 17.5 Å². The number of hydrogen-bond donors (Lipinski definition) is 0. The Kier molecular flexibility index (Phi) is 3.23. The Morgan fingerprint density at radius 3 is 2.24 bits per heavy atom. The van der Waals surface area contributed by atoms with E-state index in [2.05, 4.69) is 9.97 Å². The van der Waals surface area contributed by atoms with Crippen molar-refractivity contribution in [3.8, 4) is 11.4 Å². The third-order valence-electron chi connectivity index (χ3n) is 2.15. The second-order valence-electron chi connectivity index (χ2n) is 3.58. The zero-order valence-corrected chi connectivity index (χ0v) is 9.19. The zero-order valence-electron chi connectivity index (χ0n) is 9.19. The normalized spacial score (nSPS) is 11.6. The summed E-state index contributed by atoms with van der Waals surface area (Å²) in [5.41, 5.74) is 1.52. The quantitative estimate of drug-likeness (QED) is 0.790. The lowest BCUT2D eigenvalue weighted by molar-refractivity contribution is 0.614. The van der Waals surface area contributed by atoms with Crippen LogP contribution in [-0.2, 0) is 0 Å². The highest BCUT2D eigenvalue weighted by atomic mass is 19.1. The molecule has 0 amide bonds. The van der Waals surface area contributed by atoms with Crippen LogP contribution in [0.5, 0.6) is 0 Å². The van der Waals surface area contributed by atoms with E-state index >= 15 is 0 Å². The fraction of sp³-hybridized carbons (Fsp3) is 0.0769. The molecule has 0 N–H and O–H groups in total. The highest BCUT2D eigenvalue weighted by Gasteiger charge is 2.01. The molecule has 0 aliphatic rings. The SMILES string of the molecule is C/C(F)=C/c1ccc(-c2ncc(F)cn2)cc1. The van der Waals surface area contributed by atoms with Crippen LogP contribution in [0.3, 0.4) is 0 Å². The van der Waals surface area contributed by atoms with Crippen LogP contribution in [0.4, 0.5) is 8.78 Å². The van der Waals surface area contributed by atoms with Gasteiger partial charge in [0.05, 0.1) is 18.2 Å². The maximum absolute atomic E-state index is 12.6. The maximum Gasteiger partial charge on any atom is 0.159 e. The van der Waals surface area contributed by atoms with Gasteiger partial charge in [-0.3, -0.25) is 0 Å². The Balaban J connectivity index is 2.29. The largest absolute Gasteiger partial charge is 0.233 e. The molecular formula is C13H10F2N2. The topological polar surface area (TPSA) is 25.8 Å². The molecular weight excluding hydrogens is 222 g/mol. The minimum atomic E-state index is -0.471. The highest BCUT2D eigenvalue weighted by molar-refractivity contribution is 5.59. The number of rotatable bonds is 2. The monoisotopic (exact) mass is 232 g/mol. The molecule has 1 aromatic heterocycles. The standard InChI is InChI=1S/C13H10F2N2/c1-9(14)6-10-2-4-11(5-3-10)13-16-7-12(15)8-17-13/h2-8H,1H3/b9-6-. The summed E-state index contributed by atoms with van der Waals surface area (Å²) in [6.07, 6.45) is 3.65. The van der Waals surface area contributed by atoms with E-state index < -0.39 is 5.82 Å². The van der Waals surface area contributed by atoms with Crippen molar-refractivity contribution in [1.29, 1.82) is 0 Å². The van der Waals surface area contributed by atoms with Crippen molar-refractivity contribution < 1.29 is 8.78 Å². The number of nitrogens with zero attached hydrogens (tertiary/aromatic N) is 2. The van der Waals surface area contributed by atoms with E-state index in [9.17, 15) is 8.78 Å². The van der Waals surface area contributed by atoms with Gasteiger partial charge in [-0.15, -0.1) is 0 Å². The van der Waals surface area contributed by atoms with Gasteiger partial charge < -0.3 is 0 Å².